The van der Waals surface area contributed by atoms with Crippen LogP contribution in [0.3, 0.4) is 0 Å². The number of ether oxygens (including phenoxy) is 4. The summed E-state index contributed by atoms with van der Waals surface area (Å²) in [6.45, 7) is 5.53. The molecule has 1 aromatic rings. The lowest BCUT2D eigenvalue weighted by Crippen LogP contribution is -2.41. The molecule has 144 valence electrons. The zero-order valence-corrected chi connectivity index (χ0v) is 15.1. The van der Waals surface area contributed by atoms with E-state index in [0.29, 0.717) is 0 Å². The molecule has 2 rings (SSSR count). The van der Waals surface area contributed by atoms with Crippen LogP contribution in [-0.4, -0.2) is 35.2 Å². The Hall–Kier alpha value is -3.43. The summed E-state index contributed by atoms with van der Waals surface area (Å²) in [5, 5.41) is 11.6. The van der Waals surface area contributed by atoms with Crippen molar-refractivity contribution in [3.63, 3.8) is 0 Å². The fourth-order valence-electron chi connectivity index (χ4n) is 2.33. The van der Waals surface area contributed by atoms with Gasteiger partial charge in [-0.2, -0.15) is 0 Å². The molecule has 10 heteroatoms. The summed E-state index contributed by atoms with van der Waals surface area (Å²) in [6.07, 6.45) is 0.970. The average molecular weight is 379 g/mol. The minimum absolute atomic E-state index is 0.0490. The standard InChI is InChI=1S/C17H17NO9/c1-5-24-14-12(25-9(2)19)7-6-10(13(14)18(22)23)8-11-15(20)26-17(3,4)27-16(11)21/h6-8H,5H2,1-4H3. The Bertz CT molecular complexity index is 832. The molecule has 0 bridgehead atoms. The van der Waals surface area contributed by atoms with Gasteiger partial charge in [0.25, 0.3) is 5.79 Å². The molecule has 27 heavy (non-hydrogen) atoms. The van der Waals surface area contributed by atoms with Crippen LogP contribution in [0, 0.1) is 10.1 Å². The molecule has 1 heterocycles. The highest BCUT2D eigenvalue weighted by molar-refractivity contribution is 6.19. The van der Waals surface area contributed by atoms with Gasteiger partial charge in [0, 0.05) is 20.8 Å². The molecule has 1 aliphatic heterocycles. The third-order valence-corrected chi connectivity index (χ3v) is 3.27. The fraction of sp³-hybridized carbons (Fsp3) is 0.353. The van der Waals surface area contributed by atoms with Gasteiger partial charge in [0.2, 0.25) is 5.75 Å². The Kier molecular flexibility index (Phi) is 5.48. The van der Waals surface area contributed by atoms with E-state index in [9.17, 15) is 24.5 Å². The van der Waals surface area contributed by atoms with E-state index in [1.165, 1.54) is 26.0 Å². The summed E-state index contributed by atoms with van der Waals surface area (Å²) in [4.78, 5) is 46.2. The van der Waals surface area contributed by atoms with E-state index in [4.69, 9.17) is 18.9 Å². The van der Waals surface area contributed by atoms with Crippen LogP contribution in [0.5, 0.6) is 11.5 Å². The van der Waals surface area contributed by atoms with Crippen LogP contribution in [0.15, 0.2) is 17.7 Å². The second-order valence-electron chi connectivity index (χ2n) is 5.85. The molecule has 0 spiro atoms. The number of esters is 3. The zero-order chi connectivity index (χ0) is 20.4. The van der Waals surface area contributed by atoms with Gasteiger partial charge in [0.1, 0.15) is 5.57 Å². The van der Waals surface area contributed by atoms with Crippen molar-refractivity contribution in [2.24, 2.45) is 0 Å². The third-order valence-electron chi connectivity index (χ3n) is 3.27. The molecule has 1 saturated heterocycles. The number of benzene rings is 1. The predicted molar refractivity (Wildman–Crippen MR) is 89.8 cm³/mol. The summed E-state index contributed by atoms with van der Waals surface area (Å²) < 4.78 is 20.1. The van der Waals surface area contributed by atoms with Crippen LogP contribution in [0.4, 0.5) is 5.69 Å². The Balaban J connectivity index is 2.61. The Morgan fingerprint density at radius 1 is 1.26 bits per heavy atom. The molecule has 0 aromatic heterocycles. The van der Waals surface area contributed by atoms with Crippen molar-refractivity contribution in [3.05, 3.63) is 33.4 Å². The second kappa shape index (κ2) is 7.44. The van der Waals surface area contributed by atoms with Crippen LogP contribution in [-0.2, 0) is 23.9 Å². The predicted octanol–water partition coefficient (Wildman–Crippen LogP) is 2.14. The maximum atomic E-state index is 12.1. The van der Waals surface area contributed by atoms with Gasteiger partial charge in [-0.3, -0.25) is 14.9 Å². The lowest BCUT2D eigenvalue weighted by molar-refractivity contribution is -0.386. The molecule has 0 N–H and O–H groups in total. The van der Waals surface area contributed by atoms with Crippen molar-refractivity contribution < 1.29 is 38.3 Å². The molecule has 1 aliphatic rings. The van der Waals surface area contributed by atoms with E-state index >= 15 is 0 Å². The Morgan fingerprint density at radius 3 is 2.33 bits per heavy atom. The van der Waals surface area contributed by atoms with Crippen molar-refractivity contribution in [2.45, 2.75) is 33.5 Å². The Labute approximate surface area is 153 Å². The molecular formula is C17H17NO9. The van der Waals surface area contributed by atoms with E-state index < -0.39 is 39.9 Å². The van der Waals surface area contributed by atoms with E-state index in [1.54, 1.807) is 6.92 Å². The number of nitro benzene ring substituents is 1. The molecule has 0 radical (unpaired) electrons. The van der Waals surface area contributed by atoms with Gasteiger partial charge >= 0.3 is 23.6 Å². The fourth-order valence-corrected chi connectivity index (χ4v) is 2.33. The van der Waals surface area contributed by atoms with E-state index in [0.717, 1.165) is 13.0 Å². The smallest absolute Gasteiger partial charge is 0.348 e. The van der Waals surface area contributed by atoms with Crippen LogP contribution < -0.4 is 9.47 Å². The molecule has 1 fully saturated rings. The largest absolute Gasteiger partial charge is 0.485 e. The SMILES string of the molecule is CCOc1c(OC(C)=O)ccc(C=C2C(=O)OC(C)(C)OC2=O)c1[N+](=O)[O-]. The van der Waals surface area contributed by atoms with Crippen LogP contribution in [0.2, 0.25) is 0 Å². The summed E-state index contributed by atoms with van der Waals surface area (Å²) in [5.41, 5.74) is -1.21. The molecule has 0 amide bonds. The summed E-state index contributed by atoms with van der Waals surface area (Å²) in [5.74, 6) is -4.55. The first-order valence-electron chi connectivity index (χ1n) is 7.86. The highest BCUT2D eigenvalue weighted by Gasteiger charge is 2.39. The lowest BCUT2D eigenvalue weighted by atomic mass is 10.1. The van der Waals surface area contributed by atoms with Crippen molar-refractivity contribution in [2.75, 3.05) is 6.61 Å². The topological polar surface area (TPSA) is 131 Å². The molecule has 0 aliphatic carbocycles. The minimum atomic E-state index is -1.44. The molecule has 10 nitrogen and oxygen atoms in total. The van der Waals surface area contributed by atoms with Crippen LogP contribution in [0.1, 0.15) is 33.3 Å². The summed E-state index contributed by atoms with van der Waals surface area (Å²) >= 11 is 0. The van der Waals surface area contributed by atoms with Gasteiger partial charge in [-0.25, -0.2) is 9.59 Å². The molecule has 0 unspecified atom stereocenters. The molecule has 1 aromatic carbocycles. The van der Waals surface area contributed by atoms with Crippen molar-refractivity contribution >= 4 is 29.7 Å². The average Bonchev–Trinajstić information content (AvgIpc) is 2.51. The maximum Gasteiger partial charge on any atom is 0.348 e. The van der Waals surface area contributed by atoms with Crippen LogP contribution >= 0.6 is 0 Å². The number of carbonyl (C=O) groups excluding carboxylic acids is 3. The van der Waals surface area contributed by atoms with Crippen molar-refractivity contribution in [1.82, 2.24) is 0 Å². The van der Waals surface area contributed by atoms with Gasteiger partial charge in [-0.15, -0.1) is 0 Å². The highest BCUT2D eigenvalue weighted by atomic mass is 16.7. The van der Waals surface area contributed by atoms with Crippen molar-refractivity contribution in [1.29, 1.82) is 0 Å². The van der Waals surface area contributed by atoms with Gasteiger partial charge in [0.05, 0.1) is 17.1 Å². The number of cyclic esters (lactones) is 2. The first kappa shape index (κ1) is 19.9. The maximum absolute atomic E-state index is 12.1. The summed E-state index contributed by atoms with van der Waals surface area (Å²) in [7, 11) is 0. The lowest BCUT2D eigenvalue weighted by Gasteiger charge is -2.29. The third kappa shape index (κ3) is 4.40. The quantitative estimate of drug-likeness (QED) is 0.188. The van der Waals surface area contributed by atoms with Crippen LogP contribution in [0.25, 0.3) is 6.08 Å². The molecular weight excluding hydrogens is 362 g/mol. The number of rotatable bonds is 5. The highest BCUT2D eigenvalue weighted by Crippen LogP contribution is 2.41. The number of carbonyl (C=O) groups is 3. The van der Waals surface area contributed by atoms with Gasteiger partial charge in [0.15, 0.2) is 5.75 Å². The van der Waals surface area contributed by atoms with E-state index in [1.807, 2.05) is 0 Å². The minimum Gasteiger partial charge on any atom is -0.485 e. The number of hydrogen-bond acceptors (Lipinski definition) is 9. The number of nitrogens with zero attached hydrogens (tertiary/aromatic N) is 1. The Morgan fingerprint density at radius 2 is 1.85 bits per heavy atom. The monoisotopic (exact) mass is 379 g/mol. The normalized spacial score (nSPS) is 15.5. The summed E-state index contributed by atoms with van der Waals surface area (Å²) in [6, 6.07) is 2.47. The van der Waals surface area contributed by atoms with Gasteiger partial charge < -0.3 is 18.9 Å². The number of nitro groups is 1. The van der Waals surface area contributed by atoms with Gasteiger partial charge in [-0.05, 0) is 25.1 Å². The molecule has 0 atom stereocenters. The van der Waals surface area contributed by atoms with Gasteiger partial charge in [-0.1, -0.05) is 0 Å². The van der Waals surface area contributed by atoms with E-state index in [2.05, 4.69) is 0 Å². The first-order valence-corrected chi connectivity index (χ1v) is 7.86. The molecule has 0 saturated carbocycles. The second-order valence-corrected chi connectivity index (χ2v) is 5.85. The van der Waals surface area contributed by atoms with Crippen molar-refractivity contribution in [3.8, 4) is 11.5 Å². The first-order chi connectivity index (χ1) is 12.6. The van der Waals surface area contributed by atoms with E-state index in [-0.39, 0.29) is 23.7 Å². The number of hydrogen-bond donors (Lipinski definition) is 0. The zero-order valence-electron chi connectivity index (χ0n) is 15.1.